The van der Waals surface area contributed by atoms with E-state index in [-0.39, 0.29) is 17.0 Å². The van der Waals surface area contributed by atoms with Crippen molar-refractivity contribution in [1.82, 2.24) is 9.78 Å². The number of fused-ring (bicyclic) bond motifs is 1. The quantitative estimate of drug-likeness (QED) is 0.684. The topological polar surface area (TPSA) is 87.4 Å². The van der Waals surface area contributed by atoms with Crippen LogP contribution in [0.5, 0.6) is 5.88 Å². The van der Waals surface area contributed by atoms with Crippen molar-refractivity contribution in [2.75, 3.05) is 0 Å². The van der Waals surface area contributed by atoms with Gasteiger partial charge in [-0.15, -0.1) is 0 Å². The first kappa shape index (κ1) is 14.9. The van der Waals surface area contributed by atoms with Crippen LogP contribution in [-0.4, -0.2) is 20.8 Å². The molecule has 0 bridgehead atoms. The number of aromatic nitrogens is 2. The van der Waals surface area contributed by atoms with Crippen LogP contribution in [0.3, 0.4) is 0 Å². The molecule has 0 fully saturated rings. The largest absolute Gasteiger partial charge is 0.493 e. The molecule has 1 aliphatic heterocycles. The summed E-state index contributed by atoms with van der Waals surface area (Å²) < 4.78 is 1.27. The Kier molecular flexibility index (Phi) is 3.43. The summed E-state index contributed by atoms with van der Waals surface area (Å²) in [6.45, 7) is 0. The van der Waals surface area contributed by atoms with Crippen LogP contribution in [0.1, 0.15) is 5.56 Å². The molecule has 4 rings (SSSR count). The van der Waals surface area contributed by atoms with E-state index >= 15 is 0 Å². The maximum atomic E-state index is 12.2. The van der Waals surface area contributed by atoms with Crippen molar-refractivity contribution in [3.05, 3.63) is 86.7 Å². The lowest BCUT2D eigenvalue weighted by Gasteiger charge is -2.04. The van der Waals surface area contributed by atoms with E-state index in [1.165, 1.54) is 10.8 Å². The Morgan fingerprint density at radius 1 is 1.00 bits per heavy atom. The lowest BCUT2D eigenvalue weighted by molar-refractivity contribution is -0.114. The highest BCUT2D eigenvalue weighted by atomic mass is 16.3. The van der Waals surface area contributed by atoms with E-state index < -0.39 is 11.5 Å². The Morgan fingerprint density at radius 3 is 2.52 bits per heavy atom. The third-order valence-electron chi connectivity index (χ3n) is 3.94. The monoisotopic (exact) mass is 331 g/mol. The molecule has 0 aliphatic carbocycles. The van der Waals surface area contributed by atoms with Gasteiger partial charge < -0.3 is 5.11 Å². The summed E-state index contributed by atoms with van der Waals surface area (Å²) in [4.78, 5) is 28.4. The van der Waals surface area contributed by atoms with Crippen LogP contribution in [0.4, 0.5) is 0 Å². The van der Waals surface area contributed by atoms with E-state index in [0.717, 1.165) is 5.22 Å². The van der Waals surface area contributed by atoms with Gasteiger partial charge in [-0.2, -0.15) is 0 Å². The average molecular weight is 331 g/mol. The standard InChI is InChI=1S/C19H13N3O3/c23-17-13(10-12-6-4-5-9-16(12)20-17)11-15-18(24)21-22(19(15)25)14-7-2-1-3-8-14/h1-11,25H,(H,21,24)/b13-11+. The van der Waals surface area contributed by atoms with Crippen molar-refractivity contribution in [3.63, 3.8) is 0 Å². The molecule has 6 nitrogen and oxygen atoms in total. The molecular weight excluding hydrogens is 318 g/mol. The number of carbonyl (C=O) groups is 1. The van der Waals surface area contributed by atoms with Crippen molar-refractivity contribution in [1.29, 1.82) is 0 Å². The fraction of sp³-hybridized carbons (Fsp3) is 0. The first-order chi connectivity index (χ1) is 12.1. The second-order valence-corrected chi connectivity index (χ2v) is 5.57. The third kappa shape index (κ3) is 2.59. The van der Waals surface area contributed by atoms with Crippen LogP contribution in [0.25, 0.3) is 17.8 Å². The lowest BCUT2D eigenvalue weighted by atomic mass is 10.1. The second kappa shape index (κ2) is 5.76. The molecule has 0 saturated carbocycles. The Morgan fingerprint density at radius 2 is 1.72 bits per heavy atom. The number of hydrogen-bond acceptors (Lipinski definition) is 3. The number of rotatable bonds is 2. The van der Waals surface area contributed by atoms with Gasteiger partial charge in [0, 0.05) is 10.8 Å². The summed E-state index contributed by atoms with van der Waals surface area (Å²) in [5, 5.41) is 14.3. The van der Waals surface area contributed by atoms with Gasteiger partial charge in [-0.1, -0.05) is 36.4 Å². The predicted octanol–water partition coefficient (Wildman–Crippen LogP) is 0.895. The fourth-order valence-electron chi connectivity index (χ4n) is 2.70. The fourth-order valence-corrected chi connectivity index (χ4v) is 2.70. The van der Waals surface area contributed by atoms with E-state index in [0.29, 0.717) is 11.0 Å². The van der Waals surface area contributed by atoms with Crippen LogP contribution in [0, 0.1) is 0 Å². The number of nitrogens with one attached hydrogen (secondary N) is 1. The highest BCUT2D eigenvalue weighted by Gasteiger charge is 2.17. The zero-order chi connectivity index (χ0) is 17.4. The predicted molar refractivity (Wildman–Crippen MR) is 92.7 cm³/mol. The Hall–Kier alpha value is -3.67. The molecule has 0 atom stereocenters. The Bertz CT molecular complexity index is 1180. The van der Waals surface area contributed by atoms with Crippen molar-refractivity contribution < 1.29 is 9.90 Å². The van der Waals surface area contributed by atoms with Crippen molar-refractivity contribution in [3.8, 4) is 11.6 Å². The molecule has 2 heterocycles. The molecule has 0 unspecified atom stereocenters. The minimum absolute atomic E-state index is 0.0121. The van der Waals surface area contributed by atoms with Gasteiger partial charge in [-0.25, -0.2) is 9.67 Å². The van der Waals surface area contributed by atoms with E-state index in [1.54, 1.807) is 42.5 Å². The number of amides is 1. The summed E-state index contributed by atoms with van der Waals surface area (Å²) in [5.74, 6) is -0.714. The molecule has 1 amide bonds. The number of aromatic hydroxyl groups is 1. The van der Waals surface area contributed by atoms with Gasteiger partial charge in [0.2, 0.25) is 5.88 Å². The van der Waals surface area contributed by atoms with Gasteiger partial charge >= 0.3 is 0 Å². The molecule has 0 radical (unpaired) electrons. The van der Waals surface area contributed by atoms with E-state index in [9.17, 15) is 14.7 Å². The first-order valence-electron chi connectivity index (χ1n) is 7.64. The van der Waals surface area contributed by atoms with Gasteiger partial charge in [0.25, 0.3) is 11.5 Å². The third-order valence-corrected chi connectivity index (χ3v) is 3.94. The highest BCUT2D eigenvalue weighted by molar-refractivity contribution is 6.07. The van der Waals surface area contributed by atoms with Crippen molar-refractivity contribution in [2.45, 2.75) is 0 Å². The molecule has 0 spiro atoms. The number of H-pyrrole nitrogens is 1. The molecule has 0 saturated heterocycles. The van der Waals surface area contributed by atoms with Crippen LogP contribution in [0.2, 0.25) is 0 Å². The number of benzene rings is 2. The SMILES string of the molecule is O=C1N=c2ccccc2=C/C1=C\c1c(O)n(-c2ccccc2)[nH]c1=O. The van der Waals surface area contributed by atoms with Crippen molar-refractivity contribution in [2.24, 2.45) is 4.99 Å². The molecular formula is C19H13N3O3. The smallest absolute Gasteiger partial charge is 0.277 e. The minimum Gasteiger partial charge on any atom is -0.493 e. The van der Waals surface area contributed by atoms with E-state index in [2.05, 4.69) is 10.1 Å². The number of carbonyl (C=O) groups excluding carboxylic acids is 1. The zero-order valence-corrected chi connectivity index (χ0v) is 13.0. The number of hydrogen-bond donors (Lipinski definition) is 2. The normalized spacial score (nSPS) is 14.7. The molecule has 122 valence electrons. The molecule has 3 aromatic rings. The van der Waals surface area contributed by atoms with Gasteiger partial charge in [0.1, 0.15) is 5.56 Å². The summed E-state index contributed by atoms with van der Waals surface area (Å²) >= 11 is 0. The van der Waals surface area contributed by atoms with Crippen LogP contribution >= 0.6 is 0 Å². The molecule has 6 heteroatoms. The first-order valence-corrected chi connectivity index (χ1v) is 7.64. The summed E-state index contributed by atoms with van der Waals surface area (Å²) in [6, 6.07) is 16.1. The number of nitrogens with zero attached hydrogens (tertiary/aromatic N) is 2. The van der Waals surface area contributed by atoms with Gasteiger partial charge in [-0.05, 0) is 30.4 Å². The van der Waals surface area contributed by atoms with Crippen LogP contribution in [-0.2, 0) is 4.79 Å². The summed E-state index contributed by atoms with van der Waals surface area (Å²) in [5.41, 5.74) is 0.369. The van der Waals surface area contributed by atoms with Gasteiger partial charge in [0.15, 0.2) is 0 Å². The molecule has 2 N–H and O–H groups in total. The summed E-state index contributed by atoms with van der Waals surface area (Å²) in [6.07, 6.45) is 3.01. The van der Waals surface area contributed by atoms with E-state index in [1.807, 2.05) is 18.2 Å². The molecule has 1 aliphatic rings. The summed E-state index contributed by atoms with van der Waals surface area (Å²) in [7, 11) is 0. The molecule has 25 heavy (non-hydrogen) atoms. The molecule has 1 aromatic heterocycles. The maximum absolute atomic E-state index is 12.2. The van der Waals surface area contributed by atoms with Crippen molar-refractivity contribution >= 4 is 18.1 Å². The Labute approximate surface area is 141 Å². The lowest BCUT2D eigenvalue weighted by Crippen LogP contribution is -2.30. The zero-order valence-electron chi connectivity index (χ0n) is 13.0. The van der Waals surface area contributed by atoms with Crippen LogP contribution < -0.4 is 16.1 Å². The molecule has 2 aromatic carbocycles. The second-order valence-electron chi connectivity index (χ2n) is 5.57. The van der Waals surface area contributed by atoms with Crippen LogP contribution in [0.15, 0.2) is 70.0 Å². The van der Waals surface area contributed by atoms with Gasteiger partial charge in [0.05, 0.1) is 11.0 Å². The van der Waals surface area contributed by atoms with E-state index in [4.69, 9.17) is 0 Å². The van der Waals surface area contributed by atoms with Gasteiger partial charge in [-0.3, -0.25) is 14.7 Å². The minimum atomic E-state index is -0.492. The Balaban J connectivity index is 1.86. The maximum Gasteiger partial charge on any atom is 0.277 e. The highest BCUT2D eigenvalue weighted by Crippen LogP contribution is 2.21. The number of para-hydroxylation sites is 2. The average Bonchev–Trinajstić information content (AvgIpc) is 2.91. The number of aromatic amines is 1.